The second kappa shape index (κ2) is 6.61. The van der Waals surface area contributed by atoms with Gasteiger partial charge in [-0.1, -0.05) is 41.9 Å². The van der Waals surface area contributed by atoms with E-state index in [1.807, 2.05) is 24.3 Å². The van der Waals surface area contributed by atoms with Crippen LogP contribution in [-0.2, 0) is 4.79 Å². The maximum atomic E-state index is 12.4. The van der Waals surface area contributed by atoms with Crippen molar-refractivity contribution in [3.8, 4) is 11.5 Å². The number of hydrogen-bond acceptors (Lipinski definition) is 4. The van der Waals surface area contributed by atoms with Crippen molar-refractivity contribution in [3.05, 3.63) is 63.8 Å². The number of allylic oxidation sites excluding steroid dienone is 1. The van der Waals surface area contributed by atoms with Crippen LogP contribution < -0.4 is 9.47 Å². The van der Waals surface area contributed by atoms with Crippen LogP contribution in [0.3, 0.4) is 0 Å². The number of carbonyl (C=O) groups excluding carboxylic acids is 2. The van der Waals surface area contributed by atoms with Crippen LogP contribution in [0.2, 0.25) is 0 Å². The van der Waals surface area contributed by atoms with Gasteiger partial charge in [-0.05, 0) is 35.9 Å². The number of fused-ring (bicyclic) bond motifs is 1. The average molecular weight is 387 g/mol. The molecule has 0 unspecified atom stereocenters. The van der Waals surface area contributed by atoms with Crippen molar-refractivity contribution in [2.24, 2.45) is 5.92 Å². The van der Waals surface area contributed by atoms with Crippen molar-refractivity contribution in [2.75, 3.05) is 0 Å². The molecule has 0 fully saturated rings. The van der Waals surface area contributed by atoms with E-state index in [4.69, 9.17) is 9.47 Å². The number of ether oxygens (including phenoxy) is 2. The summed E-state index contributed by atoms with van der Waals surface area (Å²) in [5, 5.41) is 0. The van der Waals surface area contributed by atoms with Crippen LogP contribution in [0, 0.1) is 5.92 Å². The smallest absolute Gasteiger partial charge is 0.313 e. The number of Topliss-reactive ketones (excluding diaryl/α,β-unsaturated/α-hetero) is 1. The van der Waals surface area contributed by atoms with Gasteiger partial charge in [0.05, 0.1) is 11.5 Å². The van der Waals surface area contributed by atoms with Gasteiger partial charge in [0, 0.05) is 10.5 Å². The third-order valence-corrected chi connectivity index (χ3v) is 4.03. The van der Waals surface area contributed by atoms with Crippen molar-refractivity contribution >= 4 is 33.8 Å². The standard InChI is InChI=1S/C19H15BrO4/c1-11(2)19(22)23-14-7-8-15-16(10-14)24-17(18(15)21)9-12-3-5-13(20)6-4-12/h3-11H,1-2H3. The second-order valence-electron chi connectivity index (χ2n) is 5.73. The molecule has 1 aliphatic heterocycles. The number of halogens is 1. The van der Waals surface area contributed by atoms with Crippen molar-refractivity contribution in [1.82, 2.24) is 0 Å². The van der Waals surface area contributed by atoms with E-state index in [9.17, 15) is 9.59 Å². The Kier molecular flexibility index (Phi) is 4.53. The van der Waals surface area contributed by atoms with E-state index in [0.717, 1.165) is 10.0 Å². The quantitative estimate of drug-likeness (QED) is 0.438. The topological polar surface area (TPSA) is 52.6 Å². The highest BCUT2D eigenvalue weighted by Gasteiger charge is 2.28. The monoisotopic (exact) mass is 386 g/mol. The van der Waals surface area contributed by atoms with Crippen molar-refractivity contribution < 1.29 is 19.1 Å². The lowest BCUT2D eigenvalue weighted by Gasteiger charge is -2.07. The van der Waals surface area contributed by atoms with Crippen molar-refractivity contribution in [1.29, 1.82) is 0 Å². The minimum atomic E-state index is -0.329. The molecule has 0 bridgehead atoms. The van der Waals surface area contributed by atoms with Gasteiger partial charge in [0.2, 0.25) is 5.78 Å². The first-order chi connectivity index (χ1) is 11.4. The summed E-state index contributed by atoms with van der Waals surface area (Å²) in [6.45, 7) is 3.52. The van der Waals surface area contributed by atoms with Gasteiger partial charge in [0.1, 0.15) is 11.5 Å². The minimum absolute atomic E-state index is 0.186. The normalized spacial score (nSPS) is 14.7. The van der Waals surface area contributed by atoms with Crippen LogP contribution >= 0.6 is 15.9 Å². The van der Waals surface area contributed by atoms with E-state index in [1.54, 1.807) is 38.1 Å². The highest BCUT2D eigenvalue weighted by Crippen LogP contribution is 2.35. The van der Waals surface area contributed by atoms with E-state index < -0.39 is 0 Å². The summed E-state index contributed by atoms with van der Waals surface area (Å²) in [7, 11) is 0. The summed E-state index contributed by atoms with van der Waals surface area (Å²) in [5.74, 6) is 0.274. The van der Waals surface area contributed by atoms with Gasteiger partial charge < -0.3 is 9.47 Å². The van der Waals surface area contributed by atoms with E-state index in [0.29, 0.717) is 17.1 Å². The molecule has 2 aromatic rings. The zero-order valence-corrected chi connectivity index (χ0v) is 14.8. The summed E-state index contributed by atoms with van der Waals surface area (Å²) in [5.41, 5.74) is 1.32. The minimum Gasteiger partial charge on any atom is -0.452 e. The maximum Gasteiger partial charge on any atom is 0.313 e. The van der Waals surface area contributed by atoms with Gasteiger partial charge in [0.25, 0.3) is 0 Å². The Bertz CT molecular complexity index is 835. The molecule has 1 aliphatic rings. The van der Waals surface area contributed by atoms with Gasteiger partial charge in [-0.2, -0.15) is 0 Å². The van der Waals surface area contributed by atoms with Gasteiger partial charge in [-0.25, -0.2) is 0 Å². The summed E-state index contributed by atoms with van der Waals surface area (Å²) >= 11 is 3.37. The lowest BCUT2D eigenvalue weighted by Crippen LogP contribution is -2.14. The number of hydrogen-bond donors (Lipinski definition) is 0. The Labute approximate surface area is 148 Å². The number of carbonyl (C=O) groups is 2. The Hall–Kier alpha value is -2.40. The fourth-order valence-corrected chi connectivity index (χ4v) is 2.44. The van der Waals surface area contributed by atoms with E-state index >= 15 is 0 Å². The summed E-state index contributed by atoms with van der Waals surface area (Å²) in [6, 6.07) is 12.3. The van der Waals surface area contributed by atoms with Crippen molar-refractivity contribution in [3.63, 3.8) is 0 Å². The molecular formula is C19H15BrO4. The molecule has 0 saturated heterocycles. The van der Waals surface area contributed by atoms with Crippen LogP contribution in [0.25, 0.3) is 6.08 Å². The molecule has 0 aromatic heterocycles. The molecule has 0 saturated carbocycles. The third-order valence-electron chi connectivity index (χ3n) is 3.50. The zero-order chi connectivity index (χ0) is 17.3. The Morgan fingerprint density at radius 1 is 1.17 bits per heavy atom. The van der Waals surface area contributed by atoms with Crippen LogP contribution in [0.5, 0.6) is 11.5 Å². The van der Waals surface area contributed by atoms with Crippen molar-refractivity contribution in [2.45, 2.75) is 13.8 Å². The molecule has 0 aliphatic carbocycles. The fourth-order valence-electron chi connectivity index (χ4n) is 2.18. The first kappa shape index (κ1) is 16.5. The molecule has 0 radical (unpaired) electrons. The second-order valence-corrected chi connectivity index (χ2v) is 6.64. The summed E-state index contributed by atoms with van der Waals surface area (Å²) in [4.78, 5) is 24.1. The summed E-state index contributed by atoms with van der Waals surface area (Å²) in [6.07, 6.45) is 1.69. The van der Waals surface area contributed by atoms with Gasteiger partial charge in [-0.3, -0.25) is 9.59 Å². The Balaban J connectivity index is 1.84. The molecule has 122 valence electrons. The molecule has 0 spiro atoms. The Morgan fingerprint density at radius 3 is 2.54 bits per heavy atom. The molecule has 24 heavy (non-hydrogen) atoms. The molecule has 4 nitrogen and oxygen atoms in total. The third kappa shape index (κ3) is 3.41. The molecule has 0 atom stereocenters. The molecule has 3 rings (SSSR count). The van der Waals surface area contributed by atoms with Crippen LogP contribution in [0.4, 0.5) is 0 Å². The number of rotatable bonds is 3. The molecule has 2 aromatic carbocycles. The van der Waals surface area contributed by atoms with E-state index in [1.165, 1.54) is 0 Å². The predicted molar refractivity (Wildman–Crippen MR) is 94.0 cm³/mol. The van der Waals surface area contributed by atoms with Crippen LogP contribution in [0.15, 0.2) is 52.7 Å². The largest absolute Gasteiger partial charge is 0.452 e. The average Bonchev–Trinajstić information content (AvgIpc) is 2.85. The molecular weight excluding hydrogens is 372 g/mol. The fraction of sp³-hybridized carbons (Fsp3) is 0.158. The first-order valence-corrected chi connectivity index (χ1v) is 8.29. The molecule has 0 N–H and O–H groups in total. The number of benzene rings is 2. The number of ketones is 1. The zero-order valence-electron chi connectivity index (χ0n) is 13.2. The molecule has 1 heterocycles. The SMILES string of the molecule is CC(C)C(=O)Oc1ccc2c(c1)OC(=Cc1ccc(Br)cc1)C2=O. The van der Waals surface area contributed by atoms with Gasteiger partial charge >= 0.3 is 5.97 Å². The lowest BCUT2D eigenvalue weighted by molar-refractivity contribution is -0.137. The van der Waals surface area contributed by atoms with Gasteiger partial charge in [0.15, 0.2) is 5.76 Å². The lowest BCUT2D eigenvalue weighted by atomic mass is 10.1. The van der Waals surface area contributed by atoms with Crippen LogP contribution in [-0.4, -0.2) is 11.8 Å². The summed E-state index contributed by atoms with van der Waals surface area (Å²) < 4.78 is 11.9. The highest BCUT2D eigenvalue weighted by atomic mass is 79.9. The highest BCUT2D eigenvalue weighted by molar-refractivity contribution is 9.10. The predicted octanol–water partition coefficient (Wildman–Crippen LogP) is 4.63. The van der Waals surface area contributed by atoms with E-state index in [2.05, 4.69) is 15.9 Å². The maximum absolute atomic E-state index is 12.4. The molecule has 0 amide bonds. The molecule has 5 heteroatoms. The Morgan fingerprint density at radius 2 is 1.88 bits per heavy atom. The first-order valence-electron chi connectivity index (χ1n) is 7.49. The van der Waals surface area contributed by atoms with Gasteiger partial charge in [-0.15, -0.1) is 0 Å². The number of esters is 1. The van der Waals surface area contributed by atoms with Crippen LogP contribution in [0.1, 0.15) is 29.8 Å². The van der Waals surface area contributed by atoms with E-state index in [-0.39, 0.29) is 23.4 Å².